The van der Waals surface area contributed by atoms with Gasteiger partial charge >= 0.3 is 0 Å². The topological polar surface area (TPSA) is 56.5 Å². The molecule has 4 nitrogen and oxygen atoms in total. The number of rotatable bonds is 6. The summed E-state index contributed by atoms with van der Waals surface area (Å²) in [7, 11) is 0. The van der Waals surface area contributed by atoms with Gasteiger partial charge in [0.05, 0.1) is 24.1 Å². The second kappa shape index (κ2) is 6.61. The lowest BCUT2D eigenvalue weighted by molar-refractivity contribution is 0.107. The van der Waals surface area contributed by atoms with E-state index in [1.807, 2.05) is 6.92 Å². The molecule has 19 heavy (non-hydrogen) atoms. The van der Waals surface area contributed by atoms with Crippen molar-refractivity contribution in [2.45, 2.75) is 32.3 Å². The molecular formula is C14H21FN2O2. The Morgan fingerprint density at radius 2 is 2.37 bits per heavy atom. The number of hydrogen-bond donors (Lipinski definition) is 2. The van der Waals surface area contributed by atoms with Crippen LogP contribution in [0, 0.1) is 5.82 Å². The van der Waals surface area contributed by atoms with Gasteiger partial charge in [0, 0.05) is 25.3 Å². The fraction of sp³-hybridized carbons (Fsp3) is 0.571. The smallest absolute Gasteiger partial charge is 0.167 e. The third kappa shape index (κ3) is 3.73. The van der Waals surface area contributed by atoms with Gasteiger partial charge in [0.15, 0.2) is 11.6 Å². The zero-order valence-corrected chi connectivity index (χ0v) is 11.2. The number of nitrogens with two attached hydrogens (primary N) is 1. The van der Waals surface area contributed by atoms with Crippen molar-refractivity contribution in [1.82, 2.24) is 0 Å². The van der Waals surface area contributed by atoms with E-state index in [4.69, 9.17) is 15.2 Å². The highest BCUT2D eigenvalue weighted by molar-refractivity contribution is 5.68. The van der Waals surface area contributed by atoms with Crippen LogP contribution < -0.4 is 15.8 Å². The number of nitrogens with one attached hydrogen (secondary N) is 1. The predicted molar refractivity (Wildman–Crippen MR) is 74.1 cm³/mol. The molecule has 1 atom stereocenters. The first-order valence-electron chi connectivity index (χ1n) is 6.78. The summed E-state index contributed by atoms with van der Waals surface area (Å²) >= 11 is 0. The Hall–Kier alpha value is -1.49. The zero-order chi connectivity index (χ0) is 13.7. The molecule has 1 fully saturated rings. The van der Waals surface area contributed by atoms with Crippen molar-refractivity contribution in [2.75, 3.05) is 30.8 Å². The Balaban J connectivity index is 1.92. The average molecular weight is 268 g/mol. The van der Waals surface area contributed by atoms with Crippen molar-refractivity contribution >= 4 is 11.4 Å². The highest BCUT2D eigenvalue weighted by atomic mass is 19.1. The zero-order valence-electron chi connectivity index (χ0n) is 11.2. The molecule has 0 saturated carbocycles. The summed E-state index contributed by atoms with van der Waals surface area (Å²) in [6, 6.07) is 2.91. The van der Waals surface area contributed by atoms with Gasteiger partial charge in [-0.15, -0.1) is 0 Å². The molecule has 5 heteroatoms. The Bertz CT molecular complexity index is 420. The molecule has 1 heterocycles. The van der Waals surface area contributed by atoms with Gasteiger partial charge in [0.25, 0.3) is 0 Å². The first kappa shape index (κ1) is 13.9. The third-order valence-corrected chi connectivity index (χ3v) is 3.21. The fourth-order valence-electron chi connectivity index (χ4n) is 2.23. The van der Waals surface area contributed by atoms with Gasteiger partial charge in [-0.25, -0.2) is 4.39 Å². The standard InChI is InChI=1S/C14H21FN2O2/c1-2-18-14-9-13(12(16)8-11(14)15)17-6-5-10-4-3-7-19-10/h8-10,17H,2-7,16H2,1H3. The van der Waals surface area contributed by atoms with Gasteiger partial charge in [-0.05, 0) is 26.2 Å². The quantitative estimate of drug-likeness (QED) is 0.779. The first-order valence-corrected chi connectivity index (χ1v) is 6.78. The molecule has 1 aromatic rings. The molecule has 1 aliphatic rings. The molecule has 0 bridgehead atoms. The Kier molecular flexibility index (Phi) is 4.85. The van der Waals surface area contributed by atoms with Gasteiger partial charge in [-0.1, -0.05) is 0 Å². The molecule has 0 aromatic heterocycles. The summed E-state index contributed by atoms with van der Waals surface area (Å²) in [5.41, 5.74) is 6.90. The summed E-state index contributed by atoms with van der Waals surface area (Å²) in [4.78, 5) is 0. The number of benzene rings is 1. The second-order valence-electron chi connectivity index (χ2n) is 4.65. The van der Waals surface area contributed by atoms with Crippen LogP contribution in [0.3, 0.4) is 0 Å². The molecule has 1 saturated heterocycles. The van der Waals surface area contributed by atoms with E-state index in [-0.39, 0.29) is 5.75 Å². The van der Waals surface area contributed by atoms with E-state index >= 15 is 0 Å². The summed E-state index contributed by atoms with van der Waals surface area (Å²) in [6.07, 6.45) is 3.52. The molecule has 1 aliphatic heterocycles. The lowest BCUT2D eigenvalue weighted by atomic mass is 10.2. The number of hydrogen-bond acceptors (Lipinski definition) is 4. The molecular weight excluding hydrogens is 247 g/mol. The number of nitrogen functional groups attached to an aromatic ring is 1. The van der Waals surface area contributed by atoms with Gasteiger partial charge in [0.2, 0.25) is 0 Å². The Labute approximate surface area is 113 Å². The minimum absolute atomic E-state index is 0.233. The van der Waals surface area contributed by atoms with Gasteiger partial charge in [-0.2, -0.15) is 0 Å². The van der Waals surface area contributed by atoms with Crippen LogP contribution in [-0.2, 0) is 4.74 Å². The molecule has 106 valence electrons. The highest BCUT2D eigenvalue weighted by Gasteiger charge is 2.15. The number of ether oxygens (including phenoxy) is 2. The van der Waals surface area contributed by atoms with E-state index in [0.717, 1.165) is 32.4 Å². The van der Waals surface area contributed by atoms with Crippen molar-refractivity contribution in [3.05, 3.63) is 17.9 Å². The lowest BCUT2D eigenvalue weighted by Gasteiger charge is -2.14. The molecule has 1 aromatic carbocycles. The SMILES string of the molecule is CCOc1cc(NCCC2CCCO2)c(N)cc1F. The second-order valence-corrected chi connectivity index (χ2v) is 4.65. The first-order chi connectivity index (χ1) is 9.20. The van der Waals surface area contributed by atoms with Crippen LogP contribution in [0.4, 0.5) is 15.8 Å². The van der Waals surface area contributed by atoms with E-state index in [1.165, 1.54) is 6.07 Å². The summed E-state index contributed by atoms with van der Waals surface area (Å²) < 4.78 is 24.3. The maximum atomic E-state index is 13.5. The van der Waals surface area contributed by atoms with E-state index in [1.54, 1.807) is 6.07 Å². The van der Waals surface area contributed by atoms with Crippen molar-refractivity contribution < 1.29 is 13.9 Å². The van der Waals surface area contributed by atoms with Crippen LogP contribution >= 0.6 is 0 Å². The summed E-state index contributed by atoms with van der Waals surface area (Å²) in [6.45, 7) is 3.86. The average Bonchev–Trinajstić information content (AvgIpc) is 2.88. The molecule has 0 aliphatic carbocycles. The predicted octanol–water partition coefficient (Wildman–Crippen LogP) is 2.79. The third-order valence-electron chi connectivity index (χ3n) is 3.21. The molecule has 3 N–H and O–H groups in total. The van der Waals surface area contributed by atoms with E-state index in [9.17, 15) is 4.39 Å². The summed E-state index contributed by atoms with van der Waals surface area (Å²) in [5, 5.41) is 3.21. The van der Waals surface area contributed by atoms with E-state index in [0.29, 0.717) is 24.1 Å². The number of halogens is 1. The monoisotopic (exact) mass is 268 g/mol. The van der Waals surface area contributed by atoms with E-state index in [2.05, 4.69) is 5.32 Å². The van der Waals surface area contributed by atoms with E-state index < -0.39 is 5.82 Å². The minimum Gasteiger partial charge on any atom is -0.491 e. The molecule has 0 amide bonds. The van der Waals surface area contributed by atoms with Crippen LogP contribution in [0.15, 0.2) is 12.1 Å². The molecule has 0 spiro atoms. The normalized spacial score (nSPS) is 18.5. The Morgan fingerprint density at radius 1 is 1.53 bits per heavy atom. The highest BCUT2D eigenvalue weighted by Crippen LogP contribution is 2.28. The van der Waals surface area contributed by atoms with Crippen molar-refractivity contribution in [1.29, 1.82) is 0 Å². The van der Waals surface area contributed by atoms with Crippen molar-refractivity contribution in [3.63, 3.8) is 0 Å². The van der Waals surface area contributed by atoms with Gasteiger partial charge in [0.1, 0.15) is 0 Å². The minimum atomic E-state index is -0.427. The van der Waals surface area contributed by atoms with Crippen LogP contribution in [0.25, 0.3) is 0 Å². The maximum Gasteiger partial charge on any atom is 0.167 e. The molecule has 1 unspecified atom stereocenters. The van der Waals surface area contributed by atoms with Crippen LogP contribution in [0.5, 0.6) is 5.75 Å². The van der Waals surface area contributed by atoms with Crippen molar-refractivity contribution in [3.8, 4) is 5.75 Å². The fourth-order valence-corrected chi connectivity index (χ4v) is 2.23. The van der Waals surface area contributed by atoms with Crippen LogP contribution in [0.2, 0.25) is 0 Å². The van der Waals surface area contributed by atoms with Crippen molar-refractivity contribution in [2.24, 2.45) is 0 Å². The summed E-state index contributed by atoms with van der Waals surface area (Å²) in [5.74, 6) is -0.194. The maximum absolute atomic E-state index is 13.5. The molecule has 2 rings (SSSR count). The lowest BCUT2D eigenvalue weighted by Crippen LogP contribution is -2.13. The largest absolute Gasteiger partial charge is 0.491 e. The van der Waals surface area contributed by atoms with Crippen LogP contribution in [-0.4, -0.2) is 25.9 Å². The molecule has 0 radical (unpaired) electrons. The van der Waals surface area contributed by atoms with Gasteiger partial charge < -0.3 is 20.5 Å². The number of anilines is 2. The van der Waals surface area contributed by atoms with Crippen LogP contribution in [0.1, 0.15) is 26.2 Å². The Morgan fingerprint density at radius 3 is 3.05 bits per heavy atom. The van der Waals surface area contributed by atoms with Gasteiger partial charge in [-0.3, -0.25) is 0 Å².